The predicted octanol–water partition coefficient (Wildman–Crippen LogP) is 2.99. The lowest BCUT2D eigenvalue weighted by Gasteiger charge is -2.09. The van der Waals surface area contributed by atoms with Gasteiger partial charge in [-0.1, -0.05) is 30.3 Å². The molecule has 4 aromatic rings. The van der Waals surface area contributed by atoms with Crippen LogP contribution in [0.4, 0.5) is 0 Å². The summed E-state index contributed by atoms with van der Waals surface area (Å²) in [6, 6.07) is 17.6. The molecule has 2 aromatic heterocycles. The van der Waals surface area contributed by atoms with Crippen molar-refractivity contribution in [2.75, 3.05) is 6.26 Å². The molecule has 0 N–H and O–H groups in total. The first-order valence-corrected chi connectivity index (χ1v) is 9.64. The Bertz CT molecular complexity index is 1170. The van der Waals surface area contributed by atoms with E-state index in [0.717, 1.165) is 11.8 Å². The molecule has 0 saturated carbocycles. The van der Waals surface area contributed by atoms with Crippen LogP contribution in [-0.4, -0.2) is 34.3 Å². The number of hydrogen-bond donors (Lipinski definition) is 0. The second kappa shape index (κ2) is 6.23. The summed E-state index contributed by atoms with van der Waals surface area (Å²) in [7, 11) is -3.25. The molecule has 0 bridgehead atoms. The smallest absolute Gasteiger partial charge is 0.255 e. The van der Waals surface area contributed by atoms with Crippen molar-refractivity contribution in [1.29, 1.82) is 0 Å². The lowest BCUT2D eigenvalue weighted by atomic mass is 10.1. The number of ether oxygens (including phenoxy) is 1. The molecule has 26 heavy (non-hydrogen) atoms. The molecule has 0 aliphatic heterocycles. The zero-order chi connectivity index (χ0) is 18.1. The van der Waals surface area contributed by atoms with E-state index in [1.165, 1.54) is 23.0 Å². The monoisotopic (exact) mass is 366 g/mol. The van der Waals surface area contributed by atoms with Gasteiger partial charge in [0.05, 0.1) is 10.6 Å². The molecule has 0 aliphatic rings. The molecule has 0 amide bonds. The zero-order valence-electron chi connectivity index (χ0n) is 13.8. The molecular formula is C18H14N4O3S. The molecule has 2 aromatic carbocycles. The molecule has 0 saturated heterocycles. The fourth-order valence-corrected chi connectivity index (χ4v) is 3.12. The van der Waals surface area contributed by atoms with Gasteiger partial charge >= 0.3 is 0 Å². The van der Waals surface area contributed by atoms with Gasteiger partial charge in [0.15, 0.2) is 9.84 Å². The maximum absolute atomic E-state index is 11.6. The van der Waals surface area contributed by atoms with Crippen molar-refractivity contribution >= 4 is 15.6 Å². The second-order valence-electron chi connectivity index (χ2n) is 5.66. The van der Waals surface area contributed by atoms with Gasteiger partial charge in [0.25, 0.3) is 5.78 Å². The van der Waals surface area contributed by atoms with Crippen molar-refractivity contribution in [3.8, 4) is 22.9 Å². The number of nitrogens with zero attached hydrogens (tertiary/aromatic N) is 4. The van der Waals surface area contributed by atoms with Gasteiger partial charge in [0.2, 0.25) is 5.88 Å². The number of benzene rings is 2. The van der Waals surface area contributed by atoms with E-state index < -0.39 is 9.84 Å². The van der Waals surface area contributed by atoms with Crippen LogP contribution in [0.1, 0.15) is 0 Å². The third kappa shape index (κ3) is 3.14. The average Bonchev–Trinajstić information content (AvgIpc) is 3.11. The van der Waals surface area contributed by atoms with Crippen LogP contribution in [0.15, 0.2) is 71.9 Å². The van der Waals surface area contributed by atoms with Gasteiger partial charge in [-0.25, -0.2) is 13.4 Å². The van der Waals surface area contributed by atoms with Crippen LogP contribution in [0, 0.1) is 0 Å². The normalized spacial score (nSPS) is 11.6. The van der Waals surface area contributed by atoms with E-state index in [2.05, 4.69) is 15.1 Å². The molecule has 0 spiro atoms. The minimum atomic E-state index is -3.25. The molecule has 2 heterocycles. The maximum atomic E-state index is 11.6. The lowest BCUT2D eigenvalue weighted by Crippen LogP contribution is -2.00. The van der Waals surface area contributed by atoms with Crippen molar-refractivity contribution in [1.82, 2.24) is 19.6 Å². The van der Waals surface area contributed by atoms with Crippen LogP contribution in [0.25, 0.3) is 17.0 Å². The third-order valence-corrected chi connectivity index (χ3v) is 4.89. The van der Waals surface area contributed by atoms with E-state index in [9.17, 15) is 8.42 Å². The number of rotatable bonds is 4. The first-order chi connectivity index (χ1) is 12.5. The highest BCUT2D eigenvalue weighted by Crippen LogP contribution is 2.27. The topological polar surface area (TPSA) is 86.5 Å². The lowest BCUT2D eigenvalue weighted by molar-refractivity contribution is 0.446. The highest BCUT2D eigenvalue weighted by atomic mass is 32.2. The summed E-state index contributed by atoms with van der Waals surface area (Å²) in [5, 5.41) is 4.13. The standard InChI is InChI=1S/C18H14N4O3S/c1-26(23,24)15-9-7-14(8-10-15)25-17-11-16(13-5-3-2-4-6-13)21-18-19-12-20-22(17)18/h2-12H,1H3. The molecule has 0 atom stereocenters. The summed E-state index contributed by atoms with van der Waals surface area (Å²) < 4.78 is 30.5. The van der Waals surface area contributed by atoms with Crippen LogP contribution in [0.3, 0.4) is 0 Å². The summed E-state index contributed by atoms with van der Waals surface area (Å²) in [5.41, 5.74) is 1.63. The van der Waals surface area contributed by atoms with Crippen LogP contribution >= 0.6 is 0 Å². The minimum absolute atomic E-state index is 0.232. The highest BCUT2D eigenvalue weighted by molar-refractivity contribution is 7.90. The fraction of sp³-hybridized carbons (Fsp3) is 0.0556. The Morgan fingerprint density at radius 1 is 1.00 bits per heavy atom. The van der Waals surface area contributed by atoms with Gasteiger partial charge in [0, 0.05) is 17.9 Å². The van der Waals surface area contributed by atoms with Crippen LogP contribution < -0.4 is 4.74 Å². The van der Waals surface area contributed by atoms with E-state index in [4.69, 9.17) is 4.74 Å². The molecule has 4 rings (SSSR count). The molecular weight excluding hydrogens is 352 g/mol. The molecule has 7 nitrogen and oxygen atoms in total. The molecule has 130 valence electrons. The number of sulfone groups is 1. The van der Waals surface area contributed by atoms with E-state index in [1.54, 1.807) is 18.2 Å². The summed E-state index contributed by atoms with van der Waals surface area (Å²) in [6.45, 7) is 0. The van der Waals surface area contributed by atoms with E-state index >= 15 is 0 Å². The largest absolute Gasteiger partial charge is 0.439 e. The van der Waals surface area contributed by atoms with Gasteiger partial charge < -0.3 is 4.74 Å². The number of fused-ring (bicyclic) bond motifs is 1. The van der Waals surface area contributed by atoms with E-state index in [-0.39, 0.29) is 4.90 Å². The van der Waals surface area contributed by atoms with Crippen LogP contribution in [-0.2, 0) is 9.84 Å². The van der Waals surface area contributed by atoms with Crippen molar-refractivity contribution in [2.24, 2.45) is 0 Å². The molecule has 0 unspecified atom stereocenters. The maximum Gasteiger partial charge on any atom is 0.255 e. The number of aromatic nitrogens is 4. The summed E-state index contributed by atoms with van der Waals surface area (Å²) in [6.07, 6.45) is 2.56. The Morgan fingerprint density at radius 2 is 1.73 bits per heavy atom. The van der Waals surface area contributed by atoms with Crippen molar-refractivity contribution in [3.63, 3.8) is 0 Å². The van der Waals surface area contributed by atoms with Crippen LogP contribution in [0.5, 0.6) is 11.6 Å². The molecule has 0 radical (unpaired) electrons. The van der Waals surface area contributed by atoms with Gasteiger partial charge in [0.1, 0.15) is 12.1 Å². The van der Waals surface area contributed by atoms with E-state index in [0.29, 0.717) is 23.1 Å². The fourth-order valence-electron chi connectivity index (χ4n) is 2.49. The van der Waals surface area contributed by atoms with Gasteiger partial charge in [-0.15, -0.1) is 0 Å². The zero-order valence-corrected chi connectivity index (χ0v) is 14.6. The summed E-state index contributed by atoms with van der Waals surface area (Å²) in [5.74, 6) is 1.33. The SMILES string of the molecule is CS(=O)(=O)c1ccc(Oc2cc(-c3ccccc3)nc3ncnn23)cc1. The summed E-state index contributed by atoms with van der Waals surface area (Å²) >= 11 is 0. The van der Waals surface area contributed by atoms with Gasteiger partial charge in [-0.2, -0.15) is 14.6 Å². The Labute approximate surface area is 149 Å². The van der Waals surface area contributed by atoms with Crippen molar-refractivity contribution < 1.29 is 13.2 Å². The first kappa shape index (κ1) is 16.2. The molecule has 0 fully saturated rings. The average molecular weight is 366 g/mol. The van der Waals surface area contributed by atoms with Crippen molar-refractivity contribution in [2.45, 2.75) is 4.90 Å². The Hall–Kier alpha value is -3.26. The van der Waals surface area contributed by atoms with Crippen molar-refractivity contribution in [3.05, 3.63) is 67.0 Å². The second-order valence-corrected chi connectivity index (χ2v) is 7.68. The summed E-state index contributed by atoms with van der Waals surface area (Å²) in [4.78, 5) is 8.85. The Morgan fingerprint density at radius 3 is 2.42 bits per heavy atom. The van der Waals surface area contributed by atoms with Crippen LogP contribution in [0.2, 0.25) is 0 Å². The number of hydrogen-bond acceptors (Lipinski definition) is 6. The van der Waals surface area contributed by atoms with Gasteiger partial charge in [-0.05, 0) is 24.3 Å². The predicted molar refractivity (Wildman–Crippen MR) is 95.8 cm³/mol. The Kier molecular flexibility index (Phi) is 3.89. The molecule has 8 heteroatoms. The quantitative estimate of drug-likeness (QED) is 0.552. The third-order valence-electron chi connectivity index (χ3n) is 3.76. The van der Waals surface area contributed by atoms with Gasteiger partial charge in [-0.3, -0.25) is 0 Å². The first-order valence-electron chi connectivity index (χ1n) is 7.75. The Balaban J connectivity index is 1.75. The minimum Gasteiger partial charge on any atom is -0.439 e. The molecule has 0 aliphatic carbocycles. The van der Waals surface area contributed by atoms with E-state index in [1.807, 2.05) is 30.3 Å². The highest BCUT2D eigenvalue weighted by Gasteiger charge is 2.12.